The van der Waals surface area contributed by atoms with Crippen molar-refractivity contribution in [2.24, 2.45) is 0 Å². The van der Waals surface area contributed by atoms with E-state index in [1.165, 1.54) is 12.1 Å². The molecule has 0 spiro atoms. The van der Waals surface area contributed by atoms with E-state index < -0.39 is 10.0 Å². The number of fused-ring (bicyclic) bond motifs is 1. The summed E-state index contributed by atoms with van der Waals surface area (Å²) in [5.41, 5.74) is 2.02. The Bertz CT molecular complexity index is 1000. The maximum Gasteiger partial charge on any atom is 0.254 e. The molecule has 1 amide bonds. The van der Waals surface area contributed by atoms with Crippen LogP contribution in [0, 0.1) is 6.92 Å². The van der Waals surface area contributed by atoms with Crippen LogP contribution in [-0.2, 0) is 16.6 Å². The highest BCUT2D eigenvalue weighted by atomic mass is 32.2. The molecule has 0 saturated heterocycles. The van der Waals surface area contributed by atoms with Gasteiger partial charge >= 0.3 is 0 Å². The minimum Gasteiger partial charge on any atom is -0.486 e. The number of carbonyl (C=O) groups is 1. The summed E-state index contributed by atoms with van der Waals surface area (Å²) in [6.07, 6.45) is 0. The van der Waals surface area contributed by atoms with E-state index in [1.54, 1.807) is 24.8 Å². The van der Waals surface area contributed by atoms with Gasteiger partial charge in [-0.05, 0) is 49.2 Å². The van der Waals surface area contributed by atoms with E-state index in [0.717, 1.165) is 11.1 Å². The molecule has 0 radical (unpaired) electrons. The van der Waals surface area contributed by atoms with Crippen molar-refractivity contribution < 1.29 is 22.7 Å². The standard InChI is InChI=1S/C21H26N2O5S/c1-4-22-29(25,26)17-8-6-15(3)18(13-17)21(24)23(5-2)14-16-7-9-19-20(12-16)28-11-10-27-19/h6-9,12-13,22H,4-5,10-11,14H2,1-3H3. The number of hydrogen-bond acceptors (Lipinski definition) is 5. The first-order valence-corrected chi connectivity index (χ1v) is 11.1. The van der Waals surface area contributed by atoms with Crippen molar-refractivity contribution in [2.75, 3.05) is 26.3 Å². The van der Waals surface area contributed by atoms with E-state index in [4.69, 9.17) is 9.47 Å². The van der Waals surface area contributed by atoms with Gasteiger partial charge in [0.2, 0.25) is 10.0 Å². The van der Waals surface area contributed by atoms with E-state index >= 15 is 0 Å². The van der Waals surface area contributed by atoms with Crippen LogP contribution in [0.4, 0.5) is 0 Å². The Morgan fingerprint density at radius 3 is 2.48 bits per heavy atom. The van der Waals surface area contributed by atoms with Gasteiger partial charge in [0, 0.05) is 25.2 Å². The summed E-state index contributed by atoms with van der Waals surface area (Å²) in [7, 11) is -3.64. The maximum absolute atomic E-state index is 13.2. The average molecular weight is 419 g/mol. The summed E-state index contributed by atoms with van der Waals surface area (Å²) in [4.78, 5) is 14.9. The summed E-state index contributed by atoms with van der Waals surface area (Å²) >= 11 is 0. The zero-order valence-electron chi connectivity index (χ0n) is 16.9. The number of ether oxygens (including phenoxy) is 2. The Balaban J connectivity index is 1.86. The Labute approximate surface area is 171 Å². The zero-order chi connectivity index (χ0) is 21.0. The Hall–Kier alpha value is -2.58. The highest BCUT2D eigenvalue weighted by Crippen LogP contribution is 2.31. The van der Waals surface area contributed by atoms with Crippen molar-refractivity contribution in [3.05, 3.63) is 53.1 Å². The number of amides is 1. The van der Waals surface area contributed by atoms with Crippen LogP contribution in [0.5, 0.6) is 11.5 Å². The van der Waals surface area contributed by atoms with Crippen LogP contribution in [0.25, 0.3) is 0 Å². The maximum atomic E-state index is 13.2. The monoisotopic (exact) mass is 418 g/mol. The molecule has 1 aliphatic rings. The van der Waals surface area contributed by atoms with Crippen LogP contribution >= 0.6 is 0 Å². The molecule has 3 rings (SSSR count). The zero-order valence-corrected chi connectivity index (χ0v) is 17.7. The van der Waals surface area contributed by atoms with Crippen molar-refractivity contribution >= 4 is 15.9 Å². The fraction of sp³-hybridized carbons (Fsp3) is 0.381. The first-order chi connectivity index (χ1) is 13.9. The van der Waals surface area contributed by atoms with Crippen molar-refractivity contribution in [1.82, 2.24) is 9.62 Å². The van der Waals surface area contributed by atoms with Gasteiger partial charge in [0.1, 0.15) is 13.2 Å². The molecule has 2 aromatic carbocycles. The molecule has 1 heterocycles. The quantitative estimate of drug-likeness (QED) is 0.747. The molecule has 0 aliphatic carbocycles. The molecule has 0 saturated carbocycles. The lowest BCUT2D eigenvalue weighted by Crippen LogP contribution is -2.31. The number of aryl methyl sites for hydroxylation is 1. The van der Waals surface area contributed by atoms with Crippen LogP contribution in [0.1, 0.15) is 35.3 Å². The molecule has 1 N–H and O–H groups in total. The fourth-order valence-electron chi connectivity index (χ4n) is 3.18. The third-order valence-corrected chi connectivity index (χ3v) is 6.28. The van der Waals surface area contributed by atoms with Gasteiger partial charge < -0.3 is 14.4 Å². The van der Waals surface area contributed by atoms with E-state index in [1.807, 2.05) is 25.1 Å². The third kappa shape index (κ3) is 4.71. The molecule has 1 aliphatic heterocycles. The van der Waals surface area contributed by atoms with Gasteiger partial charge in [-0.2, -0.15) is 0 Å². The summed E-state index contributed by atoms with van der Waals surface area (Å²) in [5.74, 6) is 1.16. The van der Waals surface area contributed by atoms with Crippen molar-refractivity contribution in [3.8, 4) is 11.5 Å². The van der Waals surface area contributed by atoms with Gasteiger partial charge in [-0.1, -0.05) is 19.1 Å². The van der Waals surface area contributed by atoms with Crippen molar-refractivity contribution in [1.29, 1.82) is 0 Å². The molecule has 2 aromatic rings. The van der Waals surface area contributed by atoms with Crippen LogP contribution in [-0.4, -0.2) is 45.5 Å². The number of carbonyl (C=O) groups excluding carboxylic acids is 1. The van der Waals surface area contributed by atoms with Crippen molar-refractivity contribution in [2.45, 2.75) is 32.2 Å². The lowest BCUT2D eigenvalue weighted by molar-refractivity contribution is 0.0751. The molecule has 8 heteroatoms. The van der Waals surface area contributed by atoms with Gasteiger partial charge in [-0.25, -0.2) is 13.1 Å². The second-order valence-electron chi connectivity index (χ2n) is 6.78. The molecule has 156 valence electrons. The van der Waals surface area contributed by atoms with Crippen LogP contribution in [0.3, 0.4) is 0 Å². The fourth-order valence-corrected chi connectivity index (χ4v) is 4.24. The number of rotatable bonds is 7. The van der Waals surface area contributed by atoms with Crippen LogP contribution in [0.15, 0.2) is 41.3 Å². The highest BCUT2D eigenvalue weighted by molar-refractivity contribution is 7.89. The summed E-state index contributed by atoms with van der Waals surface area (Å²) in [5, 5.41) is 0. The largest absolute Gasteiger partial charge is 0.486 e. The first kappa shape index (κ1) is 21.1. The SMILES string of the molecule is CCNS(=O)(=O)c1ccc(C)c(C(=O)N(CC)Cc2ccc3c(c2)OCCO3)c1. The number of nitrogens with one attached hydrogen (secondary N) is 1. The van der Waals surface area contributed by atoms with E-state index in [2.05, 4.69) is 4.72 Å². The lowest BCUT2D eigenvalue weighted by Gasteiger charge is -2.24. The average Bonchev–Trinajstić information content (AvgIpc) is 2.71. The summed E-state index contributed by atoms with van der Waals surface area (Å²) in [6.45, 7) is 7.58. The topological polar surface area (TPSA) is 84.9 Å². The second kappa shape index (κ2) is 8.84. The Morgan fingerprint density at radius 2 is 1.79 bits per heavy atom. The molecular formula is C21H26N2O5S. The first-order valence-electron chi connectivity index (χ1n) is 9.63. The minimum atomic E-state index is -3.64. The minimum absolute atomic E-state index is 0.0867. The molecule has 0 bridgehead atoms. The molecule has 7 nitrogen and oxygen atoms in total. The second-order valence-corrected chi connectivity index (χ2v) is 8.54. The smallest absolute Gasteiger partial charge is 0.254 e. The Morgan fingerprint density at radius 1 is 1.07 bits per heavy atom. The van der Waals surface area contributed by atoms with Gasteiger partial charge in [-0.15, -0.1) is 0 Å². The molecule has 0 unspecified atom stereocenters. The predicted octanol–water partition coefficient (Wildman–Crippen LogP) is 2.73. The van der Waals surface area contributed by atoms with E-state index in [9.17, 15) is 13.2 Å². The van der Waals surface area contributed by atoms with E-state index in [-0.39, 0.29) is 17.3 Å². The van der Waals surface area contributed by atoms with Gasteiger partial charge in [-0.3, -0.25) is 4.79 Å². The van der Waals surface area contributed by atoms with Gasteiger partial charge in [0.05, 0.1) is 4.90 Å². The third-order valence-electron chi connectivity index (χ3n) is 4.73. The lowest BCUT2D eigenvalue weighted by atomic mass is 10.1. The summed E-state index contributed by atoms with van der Waals surface area (Å²) < 4.78 is 38.3. The van der Waals surface area contributed by atoms with Crippen LogP contribution in [0.2, 0.25) is 0 Å². The molecule has 0 aromatic heterocycles. The van der Waals surface area contributed by atoms with Gasteiger partial charge in [0.15, 0.2) is 11.5 Å². The number of sulfonamides is 1. The molecule has 0 fully saturated rings. The number of nitrogens with zero attached hydrogens (tertiary/aromatic N) is 1. The Kier molecular flexibility index (Phi) is 6.44. The normalized spacial score (nSPS) is 13.2. The van der Waals surface area contributed by atoms with E-state index in [0.29, 0.717) is 43.4 Å². The number of benzene rings is 2. The van der Waals surface area contributed by atoms with Gasteiger partial charge in [0.25, 0.3) is 5.91 Å². The summed E-state index contributed by atoms with van der Waals surface area (Å²) in [6, 6.07) is 10.3. The molecule has 0 atom stereocenters. The highest BCUT2D eigenvalue weighted by Gasteiger charge is 2.21. The van der Waals surface area contributed by atoms with Crippen molar-refractivity contribution in [3.63, 3.8) is 0 Å². The predicted molar refractivity (Wildman–Crippen MR) is 110 cm³/mol. The van der Waals surface area contributed by atoms with Crippen LogP contribution < -0.4 is 14.2 Å². The molecular weight excluding hydrogens is 392 g/mol. The number of hydrogen-bond donors (Lipinski definition) is 1. The molecule has 29 heavy (non-hydrogen) atoms.